The van der Waals surface area contributed by atoms with Crippen molar-refractivity contribution in [3.63, 3.8) is 0 Å². The zero-order chi connectivity index (χ0) is 14.4. The van der Waals surface area contributed by atoms with E-state index in [4.69, 9.17) is 5.84 Å². The van der Waals surface area contributed by atoms with Crippen molar-refractivity contribution in [2.45, 2.75) is 13.3 Å². The Morgan fingerprint density at radius 3 is 2.70 bits per heavy atom. The summed E-state index contributed by atoms with van der Waals surface area (Å²) in [5, 5.41) is 13.5. The minimum atomic E-state index is -0.436. The van der Waals surface area contributed by atoms with E-state index >= 15 is 0 Å². The number of amides is 2. The first-order chi connectivity index (χ1) is 9.54. The van der Waals surface area contributed by atoms with Gasteiger partial charge in [-0.1, -0.05) is 19.1 Å². The summed E-state index contributed by atoms with van der Waals surface area (Å²) in [6, 6.07) is 6.72. The number of nitrogens with two attached hydrogens (primary N) is 1. The van der Waals surface area contributed by atoms with Crippen molar-refractivity contribution in [2.24, 2.45) is 5.84 Å². The number of benzene rings is 2. The van der Waals surface area contributed by atoms with Crippen LogP contribution in [-0.2, 0) is 6.42 Å². The summed E-state index contributed by atoms with van der Waals surface area (Å²) in [7, 11) is 0. The highest BCUT2D eigenvalue weighted by molar-refractivity contribution is 6.27. The molecule has 0 unspecified atom stereocenters. The average molecular weight is 271 g/mol. The van der Waals surface area contributed by atoms with E-state index in [-0.39, 0.29) is 0 Å². The number of carbonyl (C=O) groups excluding carboxylic acids is 2. The molecule has 20 heavy (non-hydrogen) atoms. The van der Waals surface area contributed by atoms with E-state index in [1.165, 1.54) is 0 Å². The molecule has 0 aromatic heterocycles. The van der Waals surface area contributed by atoms with Gasteiger partial charge in [0.05, 0.1) is 11.3 Å². The molecule has 2 aromatic rings. The molecule has 2 amide bonds. The summed E-state index contributed by atoms with van der Waals surface area (Å²) in [5.41, 5.74) is 1.98. The molecule has 3 rings (SSSR count). The molecule has 6 heteroatoms. The first kappa shape index (κ1) is 12.6. The molecule has 0 saturated carbocycles. The van der Waals surface area contributed by atoms with Crippen LogP contribution in [0.15, 0.2) is 24.3 Å². The molecule has 0 aliphatic carbocycles. The number of rotatable bonds is 2. The third kappa shape index (κ3) is 1.59. The number of hydrogen-bond acceptors (Lipinski definition) is 5. The van der Waals surface area contributed by atoms with Gasteiger partial charge in [0.1, 0.15) is 0 Å². The van der Waals surface area contributed by atoms with E-state index in [1.54, 1.807) is 24.3 Å². The second kappa shape index (κ2) is 4.29. The number of nitrogens with one attached hydrogen (secondary N) is 1. The summed E-state index contributed by atoms with van der Waals surface area (Å²) in [6.45, 7) is 1.89. The van der Waals surface area contributed by atoms with Crippen LogP contribution in [-0.4, -0.2) is 17.0 Å². The molecule has 0 bridgehead atoms. The molecule has 4 N–H and O–H groups in total. The molecule has 2 aromatic carbocycles. The van der Waals surface area contributed by atoms with Crippen molar-refractivity contribution in [1.82, 2.24) is 5.32 Å². The van der Waals surface area contributed by atoms with Gasteiger partial charge < -0.3 is 0 Å². The highest BCUT2D eigenvalue weighted by Gasteiger charge is 2.28. The quantitative estimate of drug-likeness (QED) is 0.435. The van der Waals surface area contributed by atoms with E-state index in [9.17, 15) is 14.8 Å². The van der Waals surface area contributed by atoms with Gasteiger partial charge in [-0.2, -0.15) is 5.17 Å². The number of imide groups is 1. The van der Waals surface area contributed by atoms with E-state index in [0.29, 0.717) is 39.2 Å². The van der Waals surface area contributed by atoms with Crippen LogP contribution in [0.3, 0.4) is 0 Å². The van der Waals surface area contributed by atoms with E-state index < -0.39 is 11.8 Å². The average Bonchev–Trinajstić information content (AvgIpc) is 2.43. The zero-order valence-electron chi connectivity index (χ0n) is 10.8. The standard InChI is InChI=1S/C14H13N3O3/c1-2-7-6-10(17(15)20)8-4-3-5-9-12(8)11(7)14(19)16-13(9)18/h3-6,20H,2,15H2,1H3,(H,16,18,19). The molecule has 0 saturated heterocycles. The number of carbonyl (C=O) groups is 2. The van der Waals surface area contributed by atoms with Crippen molar-refractivity contribution >= 4 is 28.3 Å². The predicted octanol–water partition coefficient (Wildman–Crippen LogP) is 1.36. The van der Waals surface area contributed by atoms with Crippen LogP contribution in [0.25, 0.3) is 10.8 Å². The van der Waals surface area contributed by atoms with Crippen LogP contribution >= 0.6 is 0 Å². The lowest BCUT2D eigenvalue weighted by Gasteiger charge is -2.22. The Kier molecular flexibility index (Phi) is 2.70. The molecule has 0 atom stereocenters. The van der Waals surface area contributed by atoms with Gasteiger partial charge in [-0.25, -0.2) is 5.84 Å². The van der Waals surface area contributed by atoms with Gasteiger partial charge in [-0.05, 0) is 24.1 Å². The Bertz CT molecular complexity index is 753. The predicted molar refractivity (Wildman–Crippen MR) is 73.6 cm³/mol. The van der Waals surface area contributed by atoms with Gasteiger partial charge in [0.2, 0.25) is 0 Å². The first-order valence-electron chi connectivity index (χ1n) is 6.22. The summed E-state index contributed by atoms with van der Waals surface area (Å²) >= 11 is 0. The minimum Gasteiger partial charge on any atom is -0.288 e. The molecule has 6 nitrogen and oxygen atoms in total. The third-order valence-corrected chi connectivity index (χ3v) is 3.55. The largest absolute Gasteiger partial charge is 0.288 e. The number of hydrazine groups is 1. The molecular formula is C14H13N3O3. The number of nitrogens with zero attached hydrogens (tertiary/aromatic N) is 1. The second-order valence-electron chi connectivity index (χ2n) is 4.64. The maximum absolute atomic E-state index is 12.1. The molecular weight excluding hydrogens is 258 g/mol. The molecule has 102 valence electrons. The smallest absolute Gasteiger partial charge is 0.259 e. The van der Waals surface area contributed by atoms with Gasteiger partial charge in [0.25, 0.3) is 11.8 Å². The van der Waals surface area contributed by atoms with Gasteiger partial charge in [-0.3, -0.25) is 20.1 Å². The number of aryl methyl sites for hydroxylation is 1. The van der Waals surface area contributed by atoms with E-state index in [0.717, 1.165) is 5.56 Å². The highest BCUT2D eigenvalue weighted by atomic mass is 16.5. The molecule has 0 radical (unpaired) electrons. The minimum absolute atomic E-state index is 0.366. The Balaban J connectivity index is 2.54. The van der Waals surface area contributed by atoms with Crippen LogP contribution < -0.4 is 16.3 Å². The lowest BCUT2D eigenvalue weighted by Crippen LogP contribution is -2.36. The Labute approximate surface area is 114 Å². The van der Waals surface area contributed by atoms with Crippen LogP contribution in [0.1, 0.15) is 33.2 Å². The molecule has 1 aliphatic rings. The number of hydrogen-bond donors (Lipinski definition) is 3. The maximum Gasteiger partial charge on any atom is 0.259 e. The SMILES string of the molecule is CCc1cc(N(N)O)c2cccc3c2c1C(=O)NC3=O. The van der Waals surface area contributed by atoms with Crippen LogP contribution in [0, 0.1) is 0 Å². The van der Waals surface area contributed by atoms with E-state index in [2.05, 4.69) is 5.32 Å². The number of anilines is 1. The monoisotopic (exact) mass is 271 g/mol. The molecule has 1 heterocycles. The van der Waals surface area contributed by atoms with Gasteiger partial charge >= 0.3 is 0 Å². The summed E-state index contributed by atoms with van der Waals surface area (Å²) in [6.07, 6.45) is 0.585. The van der Waals surface area contributed by atoms with E-state index in [1.807, 2.05) is 6.92 Å². The Hall–Kier alpha value is -2.44. The van der Waals surface area contributed by atoms with Crippen molar-refractivity contribution in [1.29, 1.82) is 0 Å². The van der Waals surface area contributed by atoms with Crippen molar-refractivity contribution in [2.75, 3.05) is 5.17 Å². The fourth-order valence-electron chi connectivity index (χ4n) is 2.66. The lowest BCUT2D eigenvalue weighted by molar-refractivity contribution is 0.0844. The lowest BCUT2D eigenvalue weighted by atomic mass is 9.89. The van der Waals surface area contributed by atoms with Crippen molar-refractivity contribution in [3.05, 3.63) is 41.0 Å². The van der Waals surface area contributed by atoms with Crippen LogP contribution in [0.5, 0.6) is 0 Å². The Morgan fingerprint density at radius 2 is 2.05 bits per heavy atom. The maximum atomic E-state index is 12.1. The van der Waals surface area contributed by atoms with Crippen molar-refractivity contribution < 1.29 is 14.8 Å². The van der Waals surface area contributed by atoms with Crippen LogP contribution in [0.4, 0.5) is 5.69 Å². The first-order valence-corrected chi connectivity index (χ1v) is 6.22. The summed E-state index contributed by atoms with van der Waals surface area (Å²) < 4.78 is 0. The van der Waals surface area contributed by atoms with Crippen molar-refractivity contribution in [3.8, 4) is 0 Å². The van der Waals surface area contributed by atoms with Gasteiger partial charge in [0.15, 0.2) is 0 Å². The van der Waals surface area contributed by atoms with Gasteiger partial charge in [0, 0.05) is 16.3 Å². The molecule has 0 fully saturated rings. The fraction of sp³-hybridized carbons (Fsp3) is 0.143. The summed E-state index contributed by atoms with van der Waals surface area (Å²) in [5.74, 6) is 4.59. The van der Waals surface area contributed by atoms with Crippen LogP contribution in [0.2, 0.25) is 0 Å². The normalized spacial score (nSPS) is 13.6. The highest BCUT2D eigenvalue weighted by Crippen LogP contribution is 2.35. The second-order valence-corrected chi connectivity index (χ2v) is 4.64. The zero-order valence-corrected chi connectivity index (χ0v) is 10.8. The molecule has 1 aliphatic heterocycles. The third-order valence-electron chi connectivity index (χ3n) is 3.55. The van der Waals surface area contributed by atoms with Gasteiger partial charge in [-0.15, -0.1) is 0 Å². The molecule has 0 spiro atoms. The summed E-state index contributed by atoms with van der Waals surface area (Å²) in [4.78, 5) is 24.0. The topological polar surface area (TPSA) is 95.7 Å². The fourth-order valence-corrected chi connectivity index (χ4v) is 2.66. The Morgan fingerprint density at radius 1 is 1.30 bits per heavy atom.